The predicted octanol–water partition coefficient (Wildman–Crippen LogP) is 6.03. The Morgan fingerprint density at radius 3 is 1.26 bits per heavy atom. The van der Waals surface area contributed by atoms with Crippen LogP contribution in [0.25, 0.3) is 0 Å². The van der Waals surface area contributed by atoms with Gasteiger partial charge in [-0.05, 0) is 26.7 Å². The molecule has 0 aromatic carbocycles. The average Bonchev–Trinajstić information content (AvgIpc) is 3.01. The minimum absolute atomic E-state index is 0.0435. The lowest BCUT2D eigenvalue weighted by molar-refractivity contribution is -0.907. The molecule has 0 atom stereocenters. The van der Waals surface area contributed by atoms with Crippen molar-refractivity contribution in [1.29, 1.82) is 0 Å². The third kappa shape index (κ3) is 26.5. The van der Waals surface area contributed by atoms with E-state index >= 15 is 0 Å². The number of unbranched alkanes of at least 4 members (excludes halogenated alkanes) is 13. The highest BCUT2D eigenvalue weighted by molar-refractivity contribution is 5.86. The number of likely N-dealkylation sites (N-methyl/N-ethyl adjacent to an activating group) is 1. The maximum atomic E-state index is 12.3. The van der Waals surface area contributed by atoms with E-state index in [1.165, 1.54) is 90.9 Å². The monoisotopic (exact) mass is 654 g/mol. The van der Waals surface area contributed by atoms with Gasteiger partial charge in [0.1, 0.15) is 13.2 Å². The first-order valence-electron chi connectivity index (χ1n) is 17.4. The molecule has 0 aliphatic heterocycles. The summed E-state index contributed by atoms with van der Waals surface area (Å²) in [7, 11) is 2.14. The van der Waals surface area contributed by atoms with Gasteiger partial charge in [-0.2, -0.15) is 9.78 Å². The van der Waals surface area contributed by atoms with Gasteiger partial charge < -0.3 is 15.1 Å². The Hall–Kier alpha value is -2.76. The van der Waals surface area contributed by atoms with Crippen molar-refractivity contribution in [2.24, 2.45) is 0 Å². The molecule has 11 nitrogen and oxygen atoms in total. The molecule has 2 N–H and O–H groups in total. The Bertz CT molecular complexity index is 841. The molecule has 0 unspecified atom stereocenters. The van der Waals surface area contributed by atoms with Crippen LogP contribution in [0, 0.1) is 0 Å². The molecule has 0 radical (unpaired) electrons. The summed E-state index contributed by atoms with van der Waals surface area (Å²) < 4.78 is 0.693. The maximum Gasteiger partial charge on any atom is 0.368 e. The zero-order valence-corrected chi connectivity index (χ0v) is 29.4. The quantitative estimate of drug-likeness (QED) is 0.0305. The van der Waals surface area contributed by atoms with Crippen LogP contribution in [-0.4, -0.2) is 81.2 Å². The average molecular weight is 655 g/mol. The topological polar surface area (TPSA) is 129 Å². The van der Waals surface area contributed by atoms with Crippen molar-refractivity contribution in [2.75, 3.05) is 53.0 Å². The molecule has 266 valence electrons. The molecule has 0 rings (SSSR count). The molecule has 46 heavy (non-hydrogen) atoms. The Labute approximate surface area is 278 Å². The largest absolute Gasteiger partial charge is 0.368 e. The molecule has 11 heteroatoms. The number of rotatable bonds is 31. The fraction of sp³-hybridized carbons (Fsp3) is 0.771. The Morgan fingerprint density at radius 1 is 0.565 bits per heavy atom. The lowest BCUT2D eigenvalue weighted by atomic mass is 10.0. The van der Waals surface area contributed by atoms with Crippen molar-refractivity contribution in [1.82, 2.24) is 10.6 Å². The SMILES string of the molecule is C=C(C)C(=O)OOCCC(=O)NCC[N+](C)(CCCCCCCCCCCCCCCC)CCNC(=O)CCOOC(=O)C(=C)C. The van der Waals surface area contributed by atoms with E-state index < -0.39 is 11.9 Å². The van der Waals surface area contributed by atoms with E-state index in [9.17, 15) is 19.2 Å². The first-order chi connectivity index (χ1) is 22.0. The molecule has 0 saturated carbocycles. The van der Waals surface area contributed by atoms with Crippen LogP contribution in [0.5, 0.6) is 0 Å². The van der Waals surface area contributed by atoms with Gasteiger partial charge in [0.05, 0.1) is 52.6 Å². The lowest BCUT2D eigenvalue weighted by Crippen LogP contribution is -2.52. The highest BCUT2D eigenvalue weighted by atomic mass is 17.2. The van der Waals surface area contributed by atoms with Crippen molar-refractivity contribution < 1.29 is 43.2 Å². The number of quaternary nitrogens is 1. The smallest absolute Gasteiger partial charge is 0.350 e. The van der Waals surface area contributed by atoms with E-state index in [2.05, 4.69) is 47.5 Å². The Morgan fingerprint density at radius 2 is 0.913 bits per heavy atom. The molecule has 0 fully saturated rings. The number of hydrogen-bond acceptors (Lipinski definition) is 8. The van der Waals surface area contributed by atoms with Crippen molar-refractivity contribution >= 4 is 23.8 Å². The summed E-state index contributed by atoms with van der Waals surface area (Å²) in [4.78, 5) is 65.9. The molecule has 0 aliphatic carbocycles. The fourth-order valence-corrected chi connectivity index (χ4v) is 4.73. The molecule has 0 saturated heterocycles. The van der Waals surface area contributed by atoms with Crippen molar-refractivity contribution in [2.45, 2.75) is 124 Å². The first kappa shape index (κ1) is 43.2. The van der Waals surface area contributed by atoms with Crippen molar-refractivity contribution in [3.8, 4) is 0 Å². The number of nitrogens with zero attached hydrogens (tertiary/aromatic N) is 1. The van der Waals surface area contributed by atoms with Gasteiger partial charge in [-0.15, -0.1) is 0 Å². The summed E-state index contributed by atoms with van der Waals surface area (Å²) in [6, 6.07) is 0. The normalized spacial score (nSPS) is 11.1. The molecule has 2 amide bonds. The van der Waals surface area contributed by atoms with Gasteiger partial charge in [-0.1, -0.05) is 97.1 Å². The molecule has 0 bridgehead atoms. The Kier molecular flexibility index (Phi) is 26.8. The van der Waals surface area contributed by atoms with Crippen LogP contribution in [0.4, 0.5) is 0 Å². The molecular weight excluding hydrogens is 590 g/mol. The summed E-state index contributed by atoms with van der Waals surface area (Å²) in [5.74, 6) is -1.73. The highest BCUT2D eigenvalue weighted by Crippen LogP contribution is 2.14. The standard InChI is InChI=1S/C35H63N3O8/c1-7-8-9-10-11-12-13-14-15-16-17-18-19-20-25-38(6,26-23-36-32(39)21-28-43-45-34(41)30(2)3)27-24-37-33(40)22-29-44-46-35(42)31(4)5/h2,4,7-29H2,1,3,5-6H3,(H-,36,37,39,40)/p+1. The molecule has 0 aromatic heterocycles. The number of amides is 2. The van der Waals surface area contributed by atoms with Crippen molar-refractivity contribution in [3.05, 3.63) is 24.3 Å². The zero-order chi connectivity index (χ0) is 34.5. The lowest BCUT2D eigenvalue weighted by Gasteiger charge is -2.35. The maximum absolute atomic E-state index is 12.3. The van der Waals surface area contributed by atoms with Gasteiger partial charge in [-0.3, -0.25) is 19.4 Å². The van der Waals surface area contributed by atoms with E-state index in [4.69, 9.17) is 9.78 Å². The van der Waals surface area contributed by atoms with Gasteiger partial charge in [0, 0.05) is 11.1 Å². The number of carbonyl (C=O) groups excluding carboxylic acids is 4. The van der Waals surface area contributed by atoms with E-state index in [0.717, 1.165) is 19.4 Å². The van der Waals surface area contributed by atoms with Gasteiger partial charge in [0.2, 0.25) is 11.8 Å². The summed E-state index contributed by atoms with van der Waals surface area (Å²) >= 11 is 0. The van der Waals surface area contributed by atoms with Gasteiger partial charge in [0.15, 0.2) is 0 Å². The Balaban J connectivity index is 4.44. The minimum Gasteiger partial charge on any atom is -0.350 e. The first-order valence-corrected chi connectivity index (χ1v) is 17.4. The van der Waals surface area contributed by atoms with Crippen LogP contribution in [0.3, 0.4) is 0 Å². The van der Waals surface area contributed by atoms with Gasteiger partial charge in [-0.25, -0.2) is 9.59 Å². The van der Waals surface area contributed by atoms with Gasteiger partial charge >= 0.3 is 11.9 Å². The van der Waals surface area contributed by atoms with Crippen LogP contribution in [0.1, 0.15) is 124 Å². The molecule has 0 aliphatic rings. The zero-order valence-electron chi connectivity index (χ0n) is 29.4. The number of carbonyl (C=O) groups is 4. The predicted molar refractivity (Wildman–Crippen MR) is 180 cm³/mol. The summed E-state index contributed by atoms with van der Waals surface area (Å²) in [5.41, 5.74) is 0.433. The van der Waals surface area contributed by atoms with Crippen LogP contribution < -0.4 is 10.6 Å². The summed E-state index contributed by atoms with van der Waals surface area (Å²) in [6.45, 7) is 15.4. The van der Waals surface area contributed by atoms with Crippen LogP contribution in [-0.2, 0) is 38.7 Å². The van der Waals surface area contributed by atoms with E-state index in [-0.39, 0.29) is 49.0 Å². The third-order valence-electron chi connectivity index (χ3n) is 7.79. The van der Waals surface area contributed by atoms with E-state index in [0.29, 0.717) is 30.7 Å². The van der Waals surface area contributed by atoms with Crippen LogP contribution in [0.2, 0.25) is 0 Å². The second-order valence-electron chi connectivity index (χ2n) is 12.5. The van der Waals surface area contributed by atoms with Crippen LogP contribution in [0.15, 0.2) is 24.3 Å². The summed E-state index contributed by atoms with van der Waals surface area (Å²) in [6.07, 6.45) is 18.4. The highest BCUT2D eigenvalue weighted by Gasteiger charge is 2.21. The molecular formula is C35H64N3O8+. The van der Waals surface area contributed by atoms with Crippen molar-refractivity contribution in [3.63, 3.8) is 0 Å². The minimum atomic E-state index is -0.664. The fourth-order valence-electron chi connectivity index (χ4n) is 4.73. The van der Waals surface area contributed by atoms with E-state index in [1.54, 1.807) is 0 Å². The van der Waals surface area contributed by atoms with E-state index in [1.807, 2.05) is 0 Å². The van der Waals surface area contributed by atoms with Gasteiger partial charge in [0.25, 0.3) is 0 Å². The second-order valence-corrected chi connectivity index (χ2v) is 12.5. The second kappa shape index (κ2) is 28.5. The summed E-state index contributed by atoms with van der Waals surface area (Å²) in [5, 5.41) is 5.81. The molecule has 0 spiro atoms. The molecule has 0 heterocycles. The third-order valence-corrected chi connectivity index (χ3v) is 7.79. The van der Waals surface area contributed by atoms with Crippen LogP contribution >= 0.6 is 0 Å². The number of nitrogens with one attached hydrogen (secondary N) is 2. The molecule has 0 aromatic rings. The number of hydrogen-bond donors (Lipinski definition) is 2.